The molecule has 0 unspecified atom stereocenters. The van der Waals surface area contributed by atoms with E-state index in [1.807, 2.05) is 31.3 Å². The Labute approximate surface area is 110 Å². The van der Waals surface area contributed by atoms with Crippen molar-refractivity contribution in [1.29, 1.82) is 0 Å². The summed E-state index contributed by atoms with van der Waals surface area (Å²) < 4.78 is 0. The third-order valence-corrected chi connectivity index (χ3v) is 3.55. The van der Waals surface area contributed by atoms with Crippen LogP contribution in [0.4, 0.5) is 5.69 Å². The molecule has 4 nitrogen and oxygen atoms in total. The zero-order valence-corrected chi connectivity index (χ0v) is 10.9. The van der Waals surface area contributed by atoms with E-state index >= 15 is 0 Å². The summed E-state index contributed by atoms with van der Waals surface area (Å²) in [6, 6.07) is 11.8. The second-order valence-corrected chi connectivity index (χ2v) is 5.00. The third-order valence-electron chi connectivity index (χ3n) is 2.68. The van der Waals surface area contributed by atoms with Crippen LogP contribution in [0.1, 0.15) is 10.4 Å². The Bertz CT molecular complexity index is 520. The van der Waals surface area contributed by atoms with Crippen LogP contribution < -0.4 is 10.6 Å². The van der Waals surface area contributed by atoms with Crippen LogP contribution in [0.3, 0.4) is 0 Å². The number of benzene rings is 1. The van der Waals surface area contributed by atoms with Crippen LogP contribution in [0.25, 0.3) is 0 Å². The number of rotatable bonds is 4. The topological polar surface area (TPSA) is 61.8 Å². The van der Waals surface area contributed by atoms with E-state index in [0.29, 0.717) is 5.56 Å². The van der Waals surface area contributed by atoms with E-state index in [1.165, 1.54) is 4.88 Å². The molecule has 0 fully saturated rings. The van der Waals surface area contributed by atoms with Crippen molar-refractivity contribution < 1.29 is 5.21 Å². The van der Waals surface area contributed by atoms with Crippen molar-refractivity contribution in [3.05, 3.63) is 52.2 Å². The number of thiophene rings is 1. The first kappa shape index (κ1) is 12.4. The van der Waals surface area contributed by atoms with Crippen molar-refractivity contribution in [3.8, 4) is 0 Å². The largest absolute Gasteiger partial charge is 0.409 e. The van der Waals surface area contributed by atoms with Gasteiger partial charge in [0.25, 0.3) is 0 Å². The van der Waals surface area contributed by atoms with Gasteiger partial charge in [-0.3, -0.25) is 0 Å². The minimum Gasteiger partial charge on any atom is -0.409 e. The van der Waals surface area contributed by atoms with Gasteiger partial charge in [-0.15, -0.1) is 11.3 Å². The number of hydrogen-bond acceptors (Lipinski definition) is 4. The first-order valence-electron chi connectivity index (χ1n) is 5.52. The lowest BCUT2D eigenvalue weighted by Gasteiger charge is -2.18. The van der Waals surface area contributed by atoms with Gasteiger partial charge in [-0.2, -0.15) is 0 Å². The van der Waals surface area contributed by atoms with E-state index in [0.717, 1.165) is 12.2 Å². The second-order valence-electron chi connectivity index (χ2n) is 3.97. The summed E-state index contributed by atoms with van der Waals surface area (Å²) >= 11 is 1.74. The molecule has 1 heterocycles. The standard InChI is InChI=1S/C13H15N3OS/c1-16(9-12-3-2-8-18-12)11-6-4-10(5-7-11)13(14)15-17/h2-8,17H,9H2,1H3,(H2,14,15). The van der Waals surface area contributed by atoms with Gasteiger partial charge in [0.15, 0.2) is 5.84 Å². The zero-order valence-electron chi connectivity index (χ0n) is 10.1. The highest BCUT2D eigenvalue weighted by molar-refractivity contribution is 7.09. The van der Waals surface area contributed by atoms with Crippen LogP contribution in [0, 0.1) is 0 Å². The minimum absolute atomic E-state index is 0.127. The molecule has 5 heteroatoms. The van der Waals surface area contributed by atoms with Gasteiger partial charge in [0.05, 0.1) is 6.54 Å². The van der Waals surface area contributed by atoms with Crippen LogP contribution in [-0.4, -0.2) is 18.1 Å². The van der Waals surface area contributed by atoms with Crippen molar-refractivity contribution in [3.63, 3.8) is 0 Å². The van der Waals surface area contributed by atoms with Gasteiger partial charge in [0, 0.05) is 23.2 Å². The molecular weight excluding hydrogens is 246 g/mol. The van der Waals surface area contributed by atoms with Crippen molar-refractivity contribution >= 4 is 22.9 Å². The Morgan fingerprint density at radius 3 is 2.61 bits per heavy atom. The third kappa shape index (κ3) is 2.81. The Kier molecular flexibility index (Phi) is 3.84. The molecule has 94 valence electrons. The summed E-state index contributed by atoms with van der Waals surface area (Å²) in [5, 5.41) is 13.6. The quantitative estimate of drug-likeness (QED) is 0.385. The first-order valence-corrected chi connectivity index (χ1v) is 6.40. The number of hydrogen-bond donors (Lipinski definition) is 2. The monoisotopic (exact) mass is 261 g/mol. The Morgan fingerprint density at radius 2 is 2.06 bits per heavy atom. The molecule has 0 amide bonds. The SMILES string of the molecule is CN(Cc1cccs1)c1ccc(/C(N)=N/O)cc1. The van der Waals surface area contributed by atoms with Crippen molar-refractivity contribution in [2.75, 3.05) is 11.9 Å². The van der Waals surface area contributed by atoms with Gasteiger partial charge in [-0.05, 0) is 35.7 Å². The molecule has 0 saturated carbocycles. The summed E-state index contributed by atoms with van der Waals surface area (Å²) in [6.07, 6.45) is 0. The maximum absolute atomic E-state index is 8.59. The average Bonchev–Trinajstić information content (AvgIpc) is 2.91. The summed E-state index contributed by atoms with van der Waals surface area (Å²) in [5.74, 6) is 0.127. The predicted molar refractivity (Wildman–Crippen MR) is 75.4 cm³/mol. The molecule has 0 atom stereocenters. The van der Waals surface area contributed by atoms with Gasteiger partial charge in [-0.1, -0.05) is 11.2 Å². The summed E-state index contributed by atoms with van der Waals surface area (Å²) in [7, 11) is 2.04. The van der Waals surface area contributed by atoms with Crippen molar-refractivity contribution in [2.45, 2.75) is 6.54 Å². The van der Waals surface area contributed by atoms with E-state index in [-0.39, 0.29) is 5.84 Å². The molecule has 0 bridgehead atoms. The van der Waals surface area contributed by atoms with Gasteiger partial charge in [0.2, 0.25) is 0 Å². The van der Waals surface area contributed by atoms with E-state index in [9.17, 15) is 0 Å². The molecule has 0 spiro atoms. The molecule has 18 heavy (non-hydrogen) atoms. The molecule has 2 aromatic rings. The molecular formula is C13H15N3OS. The number of anilines is 1. The Morgan fingerprint density at radius 1 is 1.33 bits per heavy atom. The van der Waals surface area contributed by atoms with Gasteiger partial charge in [-0.25, -0.2) is 0 Å². The van der Waals surface area contributed by atoms with Crippen LogP contribution in [0.2, 0.25) is 0 Å². The molecule has 1 aromatic heterocycles. The van der Waals surface area contributed by atoms with Crippen LogP contribution in [0.5, 0.6) is 0 Å². The molecule has 0 aliphatic carbocycles. The van der Waals surface area contributed by atoms with Crippen molar-refractivity contribution in [1.82, 2.24) is 0 Å². The van der Waals surface area contributed by atoms with Gasteiger partial charge < -0.3 is 15.8 Å². The molecule has 3 N–H and O–H groups in total. The molecule has 0 saturated heterocycles. The lowest BCUT2D eigenvalue weighted by molar-refractivity contribution is 0.318. The second kappa shape index (κ2) is 5.55. The van der Waals surface area contributed by atoms with Gasteiger partial charge >= 0.3 is 0 Å². The fourth-order valence-electron chi connectivity index (χ4n) is 1.67. The fraction of sp³-hybridized carbons (Fsp3) is 0.154. The Hall–Kier alpha value is -2.01. The molecule has 0 radical (unpaired) electrons. The fourth-order valence-corrected chi connectivity index (χ4v) is 2.43. The number of nitrogens with two attached hydrogens (primary N) is 1. The number of amidine groups is 1. The van der Waals surface area contributed by atoms with E-state index in [2.05, 4.69) is 27.6 Å². The highest BCUT2D eigenvalue weighted by Gasteiger charge is 2.04. The molecule has 0 aliphatic rings. The van der Waals surface area contributed by atoms with E-state index in [1.54, 1.807) is 11.3 Å². The van der Waals surface area contributed by atoms with Crippen LogP contribution in [0.15, 0.2) is 46.9 Å². The van der Waals surface area contributed by atoms with Crippen molar-refractivity contribution in [2.24, 2.45) is 10.9 Å². The average molecular weight is 261 g/mol. The normalized spacial score (nSPS) is 11.5. The molecule has 0 aliphatic heterocycles. The molecule has 1 aromatic carbocycles. The minimum atomic E-state index is 0.127. The maximum Gasteiger partial charge on any atom is 0.170 e. The van der Waals surface area contributed by atoms with E-state index < -0.39 is 0 Å². The number of nitrogens with zero attached hydrogens (tertiary/aromatic N) is 2. The first-order chi connectivity index (χ1) is 8.70. The number of oxime groups is 1. The highest BCUT2D eigenvalue weighted by atomic mass is 32.1. The lowest BCUT2D eigenvalue weighted by atomic mass is 10.2. The molecule has 2 rings (SSSR count). The summed E-state index contributed by atoms with van der Waals surface area (Å²) in [4.78, 5) is 3.47. The summed E-state index contributed by atoms with van der Waals surface area (Å²) in [6.45, 7) is 0.876. The van der Waals surface area contributed by atoms with E-state index in [4.69, 9.17) is 10.9 Å². The lowest BCUT2D eigenvalue weighted by Crippen LogP contribution is -2.16. The summed E-state index contributed by atoms with van der Waals surface area (Å²) in [5.41, 5.74) is 7.33. The Balaban J connectivity index is 2.09. The highest BCUT2D eigenvalue weighted by Crippen LogP contribution is 2.18. The smallest absolute Gasteiger partial charge is 0.170 e. The maximum atomic E-state index is 8.59. The zero-order chi connectivity index (χ0) is 13.0. The van der Waals surface area contributed by atoms with Gasteiger partial charge in [0.1, 0.15) is 0 Å². The van der Waals surface area contributed by atoms with Crippen LogP contribution in [-0.2, 0) is 6.54 Å². The predicted octanol–water partition coefficient (Wildman–Crippen LogP) is 2.48. The van der Waals surface area contributed by atoms with Crippen LogP contribution >= 0.6 is 11.3 Å².